The summed E-state index contributed by atoms with van der Waals surface area (Å²) in [4.78, 5) is 9.16. The van der Waals surface area contributed by atoms with Gasteiger partial charge >= 0.3 is 0 Å². The Bertz CT molecular complexity index is 590. The van der Waals surface area contributed by atoms with Crippen LogP contribution in [0.4, 0.5) is 0 Å². The van der Waals surface area contributed by atoms with Crippen LogP contribution in [-0.4, -0.2) is 14.5 Å². The van der Waals surface area contributed by atoms with Crippen molar-refractivity contribution in [1.29, 1.82) is 0 Å². The molecule has 3 nitrogen and oxygen atoms in total. The number of rotatable bonds is 3. The van der Waals surface area contributed by atoms with Gasteiger partial charge in [-0.2, -0.15) is 0 Å². The molecule has 1 saturated carbocycles. The molecule has 0 aliphatic heterocycles. The summed E-state index contributed by atoms with van der Waals surface area (Å²) in [6, 6.07) is 2.44. The predicted octanol–water partition coefficient (Wildman–Crippen LogP) is 4.68. The Hall–Kier alpha value is -0.610. The maximum atomic E-state index is 6.07. The van der Waals surface area contributed by atoms with Crippen molar-refractivity contribution < 1.29 is 0 Å². The Balaban J connectivity index is 2.09. The van der Waals surface area contributed by atoms with Gasteiger partial charge in [-0.1, -0.05) is 12.8 Å². The van der Waals surface area contributed by atoms with Crippen molar-refractivity contribution in [3.63, 3.8) is 0 Å². The number of hydrogen-bond donors (Lipinski definition) is 0. The Morgan fingerprint density at radius 1 is 1.47 bits per heavy atom. The molecule has 1 atom stereocenters. The van der Waals surface area contributed by atoms with Crippen LogP contribution >= 0.6 is 27.5 Å². The quantitative estimate of drug-likeness (QED) is 0.758. The second-order valence-electron chi connectivity index (χ2n) is 5.31. The molecule has 0 radical (unpaired) electrons. The summed E-state index contributed by atoms with van der Waals surface area (Å²) >= 11 is 9.52. The van der Waals surface area contributed by atoms with Crippen LogP contribution in [0.1, 0.15) is 44.5 Å². The number of pyridine rings is 1. The highest BCUT2D eigenvalue weighted by molar-refractivity contribution is 9.10. The maximum Gasteiger partial charge on any atom is 0.160 e. The third-order valence-electron chi connectivity index (χ3n) is 4.18. The molecule has 2 aromatic rings. The number of imidazole rings is 1. The zero-order valence-corrected chi connectivity index (χ0v) is 13.3. The van der Waals surface area contributed by atoms with Gasteiger partial charge in [0.15, 0.2) is 5.65 Å². The van der Waals surface area contributed by atoms with Gasteiger partial charge in [-0.05, 0) is 47.7 Å². The zero-order valence-electron chi connectivity index (χ0n) is 10.9. The van der Waals surface area contributed by atoms with Gasteiger partial charge in [-0.3, -0.25) is 0 Å². The Morgan fingerprint density at radius 2 is 2.21 bits per heavy atom. The molecule has 0 amide bonds. The summed E-state index contributed by atoms with van der Waals surface area (Å²) in [7, 11) is 0. The lowest BCUT2D eigenvalue weighted by Gasteiger charge is -2.22. The maximum absolute atomic E-state index is 6.07. The van der Waals surface area contributed by atoms with E-state index in [1.807, 2.05) is 12.3 Å². The highest BCUT2D eigenvalue weighted by Gasteiger charge is 2.26. The van der Waals surface area contributed by atoms with Crippen molar-refractivity contribution >= 4 is 38.7 Å². The van der Waals surface area contributed by atoms with Crippen LogP contribution in [0.15, 0.2) is 16.7 Å². The van der Waals surface area contributed by atoms with Crippen LogP contribution in [0.2, 0.25) is 0 Å². The van der Waals surface area contributed by atoms with Gasteiger partial charge < -0.3 is 4.57 Å². The minimum atomic E-state index is 0.426. The van der Waals surface area contributed by atoms with E-state index in [0.717, 1.165) is 27.4 Å². The molecule has 2 aromatic heterocycles. The molecule has 2 heterocycles. The van der Waals surface area contributed by atoms with Crippen LogP contribution in [0.3, 0.4) is 0 Å². The Kier molecular flexibility index (Phi) is 3.81. The molecule has 0 N–H and O–H groups in total. The van der Waals surface area contributed by atoms with Gasteiger partial charge in [-0.15, -0.1) is 11.6 Å². The fraction of sp³-hybridized carbons (Fsp3) is 0.571. The first-order valence-electron chi connectivity index (χ1n) is 6.79. The molecule has 0 spiro atoms. The number of halogens is 2. The van der Waals surface area contributed by atoms with Crippen molar-refractivity contribution in [1.82, 2.24) is 14.5 Å². The third-order valence-corrected chi connectivity index (χ3v) is 4.85. The van der Waals surface area contributed by atoms with E-state index in [2.05, 4.69) is 37.4 Å². The van der Waals surface area contributed by atoms with Crippen molar-refractivity contribution in [3.05, 3.63) is 22.6 Å². The summed E-state index contributed by atoms with van der Waals surface area (Å²) in [5, 5.41) is 0. The highest BCUT2D eigenvalue weighted by Crippen LogP contribution is 2.36. The molecule has 3 rings (SSSR count). The van der Waals surface area contributed by atoms with Gasteiger partial charge in [0.05, 0.1) is 5.88 Å². The molecule has 0 saturated heterocycles. The fourth-order valence-electron chi connectivity index (χ4n) is 3.18. The van der Waals surface area contributed by atoms with Gasteiger partial charge in [-0.25, -0.2) is 9.97 Å². The van der Waals surface area contributed by atoms with Crippen LogP contribution in [-0.2, 0) is 5.88 Å². The lowest BCUT2D eigenvalue weighted by Crippen LogP contribution is -2.16. The second kappa shape index (κ2) is 5.41. The van der Waals surface area contributed by atoms with E-state index in [0.29, 0.717) is 11.9 Å². The number of hydrogen-bond acceptors (Lipinski definition) is 2. The van der Waals surface area contributed by atoms with E-state index in [-0.39, 0.29) is 0 Å². The molecular weight excluding hydrogens is 326 g/mol. The molecule has 0 bridgehead atoms. The number of aromatic nitrogens is 3. The average Bonchev–Trinajstić information content (AvgIpc) is 3.04. The smallest absolute Gasteiger partial charge is 0.160 e. The van der Waals surface area contributed by atoms with E-state index < -0.39 is 0 Å². The third kappa shape index (κ3) is 2.40. The van der Waals surface area contributed by atoms with Crippen LogP contribution < -0.4 is 0 Å². The lowest BCUT2D eigenvalue weighted by molar-refractivity contribution is 0.360. The van der Waals surface area contributed by atoms with Gasteiger partial charge in [0.25, 0.3) is 0 Å². The largest absolute Gasteiger partial charge is 0.309 e. The molecule has 19 heavy (non-hydrogen) atoms. The first-order chi connectivity index (χ1) is 9.20. The predicted molar refractivity (Wildman–Crippen MR) is 81.5 cm³/mol. The van der Waals surface area contributed by atoms with Crippen molar-refractivity contribution in [3.8, 4) is 0 Å². The molecule has 1 fully saturated rings. The number of alkyl halides is 1. The van der Waals surface area contributed by atoms with Crippen LogP contribution in [0.25, 0.3) is 11.2 Å². The van der Waals surface area contributed by atoms with E-state index >= 15 is 0 Å². The first kappa shape index (κ1) is 13.4. The molecule has 1 unspecified atom stereocenters. The SMILES string of the molecule is CC(C1CCCC1)n1c(CCl)nc2cc(Br)cnc21. The van der Waals surface area contributed by atoms with Gasteiger partial charge in [0.2, 0.25) is 0 Å². The van der Waals surface area contributed by atoms with E-state index in [9.17, 15) is 0 Å². The lowest BCUT2D eigenvalue weighted by atomic mass is 9.99. The standard InChI is InChI=1S/C14H17BrClN3/c1-9(10-4-2-3-5-10)19-13(7-16)18-12-6-11(15)8-17-14(12)19/h6,8-10H,2-5,7H2,1H3. The Morgan fingerprint density at radius 3 is 2.89 bits per heavy atom. The monoisotopic (exact) mass is 341 g/mol. The summed E-state index contributed by atoms with van der Waals surface area (Å²) in [6.45, 7) is 2.27. The van der Waals surface area contributed by atoms with Crippen LogP contribution in [0, 0.1) is 5.92 Å². The second-order valence-corrected chi connectivity index (χ2v) is 6.50. The minimum absolute atomic E-state index is 0.426. The normalized spacial score (nSPS) is 18.3. The molecule has 5 heteroatoms. The molecule has 0 aromatic carbocycles. The summed E-state index contributed by atoms with van der Waals surface area (Å²) in [5.41, 5.74) is 1.88. The zero-order chi connectivity index (χ0) is 13.4. The number of fused-ring (bicyclic) bond motifs is 1. The van der Waals surface area contributed by atoms with Gasteiger partial charge in [0, 0.05) is 16.7 Å². The fourth-order valence-corrected chi connectivity index (χ4v) is 3.68. The van der Waals surface area contributed by atoms with Crippen molar-refractivity contribution in [2.24, 2.45) is 5.92 Å². The van der Waals surface area contributed by atoms with E-state index in [1.165, 1.54) is 25.7 Å². The van der Waals surface area contributed by atoms with Gasteiger partial charge in [0.1, 0.15) is 11.3 Å². The summed E-state index contributed by atoms with van der Waals surface area (Å²) in [6.07, 6.45) is 7.13. The Labute approximate surface area is 126 Å². The van der Waals surface area contributed by atoms with Crippen molar-refractivity contribution in [2.75, 3.05) is 0 Å². The van der Waals surface area contributed by atoms with E-state index in [4.69, 9.17) is 11.6 Å². The molecular formula is C14H17BrClN3. The van der Waals surface area contributed by atoms with Crippen molar-refractivity contribution in [2.45, 2.75) is 44.5 Å². The number of nitrogens with zero attached hydrogens (tertiary/aromatic N) is 3. The molecule has 1 aliphatic rings. The minimum Gasteiger partial charge on any atom is -0.309 e. The van der Waals surface area contributed by atoms with Crippen LogP contribution in [0.5, 0.6) is 0 Å². The summed E-state index contributed by atoms with van der Waals surface area (Å²) < 4.78 is 3.20. The summed E-state index contributed by atoms with van der Waals surface area (Å²) in [5.74, 6) is 2.09. The van der Waals surface area contributed by atoms with E-state index in [1.54, 1.807) is 0 Å². The average molecular weight is 343 g/mol. The topological polar surface area (TPSA) is 30.7 Å². The molecule has 102 valence electrons. The molecule has 1 aliphatic carbocycles. The first-order valence-corrected chi connectivity index (χ1v) is 8.11. The highest BCUT2D eigenvalue weighted by atomic mass is 79.9.